The van der Waals surface area contributed by atoms with Crippen LogP contribution in [0.5, 0.6) is 0 Å². The van der Waals surface area contributed by atoms with E-state index in [9.17, 15) is 4.79 Å². The SMILES string of the molecule is O=C(CCC1CCCCO1)c1scc(Br)c1Br. The lowest BCUT2D eigenvalue weighted by Crippen LogP contribution is -2.19. The van der Waals surface area contributed by atoms with E-state index in [1.165, 1.54) is 17.8 Å². The van der Waals surface area contributed by atoms with Gasteiger partial charge in [-0.3, -0.25) is 4.79 Å². The maximum Gasteiger partial charge on any atom is 0.174 e. The number of rotatable bonds is 4. The molecule has 17 heavy (non-hydrogen) atoms. The van der Waals surface area contributed by atoms with Crippen molar-refractivity contribution in [2.45, 2.75) is 38.2 Å². The van der Waals surface area contributed by atoms with Crippen LogP contribution in [0.15, 0.2) is 14.3 Å². The van der Waals surface area contributed by atoms with Crippen molar-refractivity contribution in [3.63, 3.8) is 0 Å². The largest absolute Gasteiger partial charge is 0.378 e. The standard InChI is InChI=1S/C12H14Br2O2S/c13-9-7-17-12(11(9)14)10(15)5-4-8-3-1-2-6-16-8/h7-8H,1-6H2. The van der Waals surface area contributed by atoms with Gasteiger partial charge in [0.05, 0.1) is 15.5 Å². The minimum Gasteiger partial charge on any atom is -0.378 e. The average Bonchev–Trinajstić information content (AvgIpc) is 2.69. The highest BCUT2D eigenvalue weighted by atomic mass is 79.9. The normalized spacial score (nSPS) is 20.5. The van der Waals surface area contributed by atoms with Crippen LogP contribution in [0.25, 0.3) is 0 Å². The van der Waals surface area contributed by atoms with E-state index >= 15 is 0 Å². The molecule has 1 aromatic rings. The van der Waals surface area contributed by atoms with Gasteiger partial charge in [0.1, 0.15) is 0 Å². The van der Waals surface area contributed by atoms with Gasteiger partial charge < -0.3 is 4.74 Å². The zero-order valence-electron chi connectivity index (χ0n) is 9.38. The van der Waals surface area contributed by atoms with Crippen molar-refractivity contribution in [2.75, 3.05) is 6.61 Å². The number of Topliss-reactive ketones (excluding diaryl/α,β-unsaturated/α-hetero) is 1. The monoisotopic (exact) mass is 380 g/mol. The molecule has 1 aromatic heterocycles. The van der Waals surface area contributed by atoms with Crippen molar-refractivity contribution in [1.82, 2.24) is 0 Å². The van der Waals surface area contributed by atoms with Crippen molar-refractivity contribution < 1.29 is 9.53 Å². The molecule has 0 bridgehead atoms. The molecule has 2 rings (SSSR count). The Kier molecular flexibility index (Phi) is 5.21. The highest BCUT2D eigenvalue weighted by molar-refractivity contribution is 9.13. The van der Waals surface area contributed by atoms with E-state index in [0.717, 1.165) is 39.7 Å². The highest BCUT2D eigenvalue weighted by Crippen LogP contribution is 2.33. The summed E-state index contributed by atoms with van der Waals surface area (Å²) >= 11 is 8.31. The molecule has 0 spiro atoms. The maximum atomic E-state index is 12.0. The van der Waals surface area contributed by atoms with Crippen molar-refractivity contribution in [1.29, 1.82) is 0 Å². The van der Waals surface area contributed by atoms with Gasteiger partial charge in [-0.25, -0.2) is 0 Å². The zero-order chi connectivity index (χ0) is 12.3. The summed E-state index contributed by atoms with van der Waals surface area (Å²) < 4.78 is 7.47. The van der Waals surface area contributed by atoms with Crippen molar-refractivity contribution >= 4 is 49.0 Å². The summed E-state index contributed by atoms with van der Waals surface area (Å²) in [6, 6.07) is 0. The fourth-order valence-electron chi connectivity index (χ4n) is 1.95. The topological polar surface area (TPSA) is 26.3 Å². The third-order valence-electron chi connectivity index (χ3n) is 2.91. The van der Waals surface area contributed by atoms with Gasteiger partial charge in [0.2, 0.25) is 0 Å². The van der Waals surface area contributed by atoms with Crippen LogP contribution in [0, 0.1) is 0 Å². The molecule has 0 aliphatic carbocycles. The summed E-state index contributed by atoms with van der Waals surface area (Å²) in [5.74, 6) is 0.210. The number of carbonyl (C=O) groups is 1. The van der Waals surface area contributed by atoms with E-state index in [-0.39, 0.29) is 11.9 Å². The Balaban J connectivity index is 1.86. The maximum absolute atomic E-state index is 12.0. The van der Waals surface area contributed by atoms with Crippen LogP contribution in [0.4, 0.5) is 0 Å². The van der Waals surface area contributed by atoms with Gasteiger partial charge in [-0.15, -0.1) is 11.3 Å². The average molecular weight is 382 g/mol. The Bertz CT molecular complexity index is 397. The molecule has 1 unspecified atom stereocenters. The van der Waals surface area contributed by atoms with Crippen LogP contribution in [0.3, 0.4) is 0 Å². The molecule has 1 aliphatic heterocycles. The van der Waals surface area contributed by atoms with E-state index in [1.54, 1.807) is 0 Å². The van der Waals surface area contributed by atoms with Gasteiger partial charge in [-0.1, -0.05) is 0 Å². The Labute approximate surface area is 122 Å². The second-order valence-corrected chi connectivity index (χ2v) is 6.70. The van der Waals surface area contributed by atoms with E-state index in [1.807, 2.05) is 5.38 Å². The van der Waals surface area contributed by atoms with Gasteiger partial charge in [-0.2, -0.15) is 0 Å². The number of halogens is 2. The molecule has 0 amide bonds. The minimum absolute atomic E-state index is 0.210. The van der Waals surface area contributed by atoms with E-state index in [2.05, 4.69) is 31.9 Å². The second kappa shape index (κ2) is 6.45. The molecule has 0 aromatic carbocycles. The number of thiophene rings is 1. The second-order valence-electron chi connectivity index (χ2n) is 4.18. The zero-order valence-corrected chi connectivity index (χ0v) is 13.4. The summed E-state index contributed by atoms with van der Waals surface area (Å²) in [4.78, 5) is 12.8. The predicted molar refractivity (Wildman–Crippen MR) is 76.9 cm³/mol. The van der Waals surface area contributed by atoms with Crippen LogP contribution in [0.1, 0.15) is 41.8 Å². The molecule has 1 atom stereocenters. The first-order valence-corrected chi connectivity index (χ1v) is 8.22. The smallest absolute Gasteiger partial charge is 0.174 e. The molecule has 1 saturated heterocycles. The third kappa shape index (κ3) is 3.63. The first kappa shape index (κ1) is 13.7. The predicted octanol–water partition coefficient (Wildman–Crippen LogP) is 4.81. The summed E-state index contributed by atoms with van der Waals surface area (Å²) in [6.07, 6.45) is 5.20. The van der Waals surface area contributed by atoms with Gasteiger partial charge in [0.25, 0.3) is 0 Å². The Hall–Kier alpha value is 0.290. The van der Waals surface area contributed by atoms with E-state index in [4.69, 9.17) is 4.74 Å². The van der Waals surface area contributed by atoms with Crippen LogP contribution < -0.4 is 0 Å². The van der Waals surface area contributed by atoms with Gasteiger partial charge in [0, 0.05) is 22.9 Å². The van der Waals surface area contributed by atoms with E-state index in [0.29, 0.717) is 6.42 Å². The van der Waals surface area contributed by atoms with Gasteiger partial charge >= 0.3 is 0 Å². The molecule has 0 saturated carbocycles. The molecular formula is C12H14Br2O2S. The molecule has 0 N–H and O–H groups in total. The first-order valence-electron chi connectivity index (χ1n) is 5.76. The van der Waals surface area contributed by atoms with Crippen molar-refractivity contribution in [3.8, 4) is 0 Å². The molecule has 5 heteroatoms. The molecular weight excluding hydrogens is 368 g/mol. The lowest BCUT2D eigenvalue weighted by atomic mass is 10.0. The van der Waals surface area contributed by atoms with Crippen LogP contribution in [0.2, 0.25) is 0 Å². The molecule has 1 aliphatic rings. The minimum atomic E-state index is 0.210. The van der Waals surface area contributed by atoms with Crippen molar-refractivity contribution in [3.05, 3.63) is 19.2 Å². The third-order valence-corrected chi connectivity index (χ3v) is 6.48. The first-order chi connectivity index (χ1) is 8.18. The number of hydrogen-bond acceptors (Lipinski definition) is 3. The molecule has 94 valence electrons. The van der Waals surface area contributed by atoms with Crippen molar-refractivity contribution in [2.24, 2.45) is 0 Å². The van der Waals surface area contributed by atoms with Crippen LogP contribution in [-0.2, 0) is 4.74 Å². The molecule has 1 fully saturated rings. The lowest BCUT2D eigenvalue weighted by Gasteiger charge is -2.21. The Morgan fingerprint density at radius 3 is 2.88 bits per heavy atom. The van der Waals surface area contributed by atoms with Gasteiger partial charge in [0.15, 0.2) is 5.78 Å². The molecule has 0 radical (unpaired) electrons. The quantitative estimate of drug-likeness (QED) is 0.699. The Morgan fingerprint density at radius 2 is 2.29 bits per heavy atom. The summed E-state index contributed by atoms with van der Waals surface area (Å²) in [5.41, 5.74) is 0. The van der Waals surface area contributed by atoms with Crippen LogP contribution in [-0.4, -0.2) is 18.5 Å². The number of carbonyl (C=O) groups excluding carboxylic acids is 1. The summed E-state index contributed by atoms with van der Waals surface area (Å²) in [6.45, 7) is 0.854. The van der Waals surface area contributed by atoms with Crippen LogP contribution >= 0.6 is 43.2 Å². The molecule has 2 heterocycles. The summed E-state index contributed by atoms with van der Waals surface area (Å²) in [5, 5.41) is 1.94. The van der Waals surface area contributed by atoms with Gasteiger partial charge in [-0.05, 0) is 57.5 Å². The fourth-order valence-corrected chi connectivity index (χ4v) is 4.11. The summed E-state index contributed by atoms with van der Waals surface area (Å²) in [7, 11) is 0. The fraction of sp³-hybridized carbons (Fsp3) is 0.583. The number of hydrogen-bond donors (Lipinski definition) is 0. The molecule has 2 nitrogen and oxygen atoms in total. The number of ether oxygens (including phenoxy) is 1. The Morgan fingerprint density at radius 1 is 1.47 bits per heavy atom. The number of ketones is 1. The highest BCUT2D eigenvalue weighted by Gasteiger charge is 2.19. The lowest BCUT2D eigenvalue weighted by molar-refractivity contribution is 0.0105. The van der Waals surface area contributed by atoms with E-state index < -0.39 is 0 Å².